The number of nitrogens with one attached hydrogen (secondary N) is 2. The number of aromatic nitrogens is 3. The molecule has 2 aromatic rings. The Morgan fingerprint density at radius 3 is 2.34 bits per heavy atom. The van der Waals surface area contributed by atoms with Crippen LogP contribution in [0.15, 0.2) is 11.2 Å². The standard InChI is InChI=1S/C22H29N5O4S/c1-22(2,3)31-21(28)27-11-15(12-27)32(29,30)20-24-19(25-26-20)23-18-16-8-4-6-13(16)10-14-7-5-9-17(14)18/h10,15H,4-9,11-12H2,1-3H3,(H2,23,24,25,26). The lowest BCUT2D eigenvalue weighted by atomic mass is 9.99. The van der Waals surface area contributed by atoms with Crippen LogP contribution in [0.5, 0.6) is 0 Å². The van der Waals surface area contributed by atoms with Gasteiger partial charge in [0.2, 0.25) is 20.9 Å². The molecule has 5 rings (SSSR count). The topological polar surface area (TPSA) is 117 Å². The van der Waals surface area contributed by atoms with Gasteiger partial charge in [0.05, 0.1) is 0 Å². The first-order valence-corrected chi connectivity index (χ1v) is 12.7. The van der Waals surface area contributed by atoms with Crippen molar-refractivity contribution in [3.8, 4) is 0 Å². The second kappa shape index (κ2) is 7.47. The molecule has 1 fully saturated rings. The number of carbonyl (C=O) groups excluding carboxylic acids is 1. The fourth-order valence-corrected chi connectivity index (χ4v) is 6.23. The summed E-state index contributed by atoms with van der Waals surface area (Å²) in [5.74, 6) is 0.265. The van der Waals surface area contributed by atoms with Crippen LogP contribution in [-0.2, 0) is 40.3 Å². The van der Waals surface area contributed by atoms with Gasteiger partial charge in [0.1, 0.15) is 10.9 Å². The number of hydrogen-bond acceptors (Lipinski definition) is 7. The molecule has 1 saturated heterocycles. The van der Waals surface area contributed by atoms with Crippen LogP contribution in [0.25, 0.3) is 0 Å². The molecule has 0 radical (unpaired) electrons. The number of nitrogens with zero attached hydrogens (tertiary/aromatic N) is 3. The number of aromatic amines is 1. The van der Waals surface area contributed by atoms with Gasteiger partial charge in [0.25, 0.3) is 0 Å². The van der Waals surface area contributed by atoms with Gasteiger partial charge >= 0.3 is 6.09 Å². The third-order valence-corrected chi connectivity index (χ3v) is 8.28. The van der Waals surface area contributed by atoms with Gasteiger partial charge in [-0.2, -0.15) is 4.98 Å². The van der Waals surface area contributed by atoms with E-state index in [2.05, 4.69) is 26.6 Å². The smallest absolute Gasteiger partial charge is 0.410 e. The van der Waals surface area contributed by atoms with Crippen LogP contribution in [0, 0.1) is 0 Å². The fourth-order valence-electron chi connectivity index (χ4n) is 4.78. The van der Waals surface area contributed by atoms with E-state index < -0.39 is 26.8 Å². The summed E-state index contributed by atoms with van der Waals surface area (Å²) in [4.78, 5) is 17.8. The molecule has 0 bridgehead atoms. The lowest BCUT2D eigenvalue weighted by molar-refractivity contribution is 0.0138. The Kier molecular flexibility index (Phi) is 4.96. The van der Waals surface area contributed by atoms with Crippen molar-refractivity contribution in [3.63, 3.8) is 0 Å². The first-order chi connectivity index (χ1) is 15.1. The van der Waals surface area contributed by atoms with Crippen molar-refractivity contribution >= 4 is 27.6 Å². The number of amides is 1. The van der Waals surface area contributed by atoms with E-state index in [9.17, 15) is 13.2 Å². The van der Waals surface area contributed by atoms with Gasteiger partial charge in [0.15, 0.2) is 0 Å². The number of H-pyrrole nitrogens is 1. The SMILES string of the molecule is CC(C)(C)OC(=O)N1CC(S(=O)(=O)c2nc(Nc3c4c(cc5c3CCC5)CCC4)n[nH]2)C1. The van der Waals surface area contributed by atoms with Gasteiger partial charge in [-0.3, -0.25) is 0 Å². The molecule has 2 N–H and O–H groups in total. The van der Waals surface area contributed by atoms with Crippen molar-refractivity contribution < 1.29 is 17.9 Å². The molecule has 1 amide bonds. The molecule has 3 aliphatic rings. The van der Waals surface area contributed by atoms with E-state index in [0.29, 0.717) is 0 Å². The van der Waals surface area contributed by atoms with Crippen LogP contribution in [0.1, 0.15) is 55.9 Å². The van der Waals surface area contributed by atoms with Crippen molar-refractivity contribution in [2.45, 2.75) is 75.3 Å². The zero-order valence-electron chi connectivity index (χ0n) is 18.7. The zero-order valence-corrected chi connectivity index (χ0v) is 19.5. The maximum Gasteiger partial charge on any atom is 0.410 e. The lowest BCUT2D eigenvalue weighted by Gasteiger charge is -2.38. The van der Waals surface area contributed by atoms with Gasteiger partial charge < -0.3 is 15.0 Å². The minimum absolute atomic E-state index is 0.0837. The maximum absolute atomic E-state index is 13.0. The average molecular weight is 460 g/mol. The van der Waals surface area contributed by atoms with E-state index in [1.807, 2.05) is 0 Å². The summed E-state index contributed by atoms with van der Waals surface area (Å²) < 4.78 is 31.2. The molecule has 0 atom stereocenters. The first kappa shape index (κ1) is 21.2. The molecule has 0 unspecified atom stereocenters. The van der Waals surface area contributed by atoms with Crippen molar-refractivity contribution in [2.75, 3.05) is 18.4 Å². The molecular weight excluding hydrogens is 430 g/mol. The highest BCUT2D eigenvalue weighted by Gasteiger charge is 2.43. The van der Waals surface area contributed by atoms with Crippen LogP contribution >= 0.6 is 0 Å². The number of rotatable bonds is 4. The van der Waals surface area contributed by atoms with Gasteiger partial charge in [0, 0.05) is 18.8 Å². The quantitative estimate of drug-likeness (QED) is 0.722. The van der Waals surface area contributed by atoms with E-state index in [1.54, 1.807) is 20.8 Å². The van der Waals surface area contributed by atoms with Crippen LogP contribution < -0.4 is 5.32 Å². The predicted molar refractivity (Wildman–Crippen MR) is 119 cm³/mol. The molecule has 2 heterocycles. The molecule has 9 nitrogen and oxygen atoms in total. The third-order valence-electron chi connectivity index (χ3n) is 6.38. The fraction of sp³-hybridized carbons (Fsp3) is 0.591. The summed E-state index contributed by atoms with van der Waals surface area (Å²) in [7, 11) is -3.73. The second-order valence-electron chi connectivity index (χ2n) is 9.88. The minimum Gasteiger partial charge on any atom is -0.444 e. The maximum atomic E-state index is 13.0. The molecule has 32 heavy (non-hydrogen) atoms. The van der Waals surface area contributed by atoms with E-state index in [4.69, 9.17) is 4.74 Å². The van der Waals surface area contributed by atoms with Crippen LogP contribution in [0.3, 0.4) is 0 Å². The van der Waals surface area contributed by atoms with E-state index >= 15 is 0 Å². The molecule has 2 aliphatic carbocycles. The largest absolute Gasteiger partial charge is 0.444 e. The summed E-state index contributed by atoms with van der Waals surface area (Å²) in [5, 5.41) is 9.16. The van der Waals surface area contributed by atoms with Crippen LogP contribution in [0.4, 0.5) is 16.4 Å². The molecule has 1 aliphatic heterocycles. The zero-order chi connectivity index (χ0) is 22.7. The minimum atomic E-state index is -3.73. The van der Waals surface area contributed by atoms with Gasteiger partial charge in [-0.15, -0.1) is 5.10 Å². The molecule has 0 saturated carbocycles. The highest BCUT2D eigenvalue weighted by atomic mass is 32.2. The third kappa shape index (κ3) is 3.74. The Bertz CT molecular complexity index is 1140. The van der Waals surface area contributed by atoms with Crippen molar-refractivity contribution in [3.05, 3.63) is 28.3 Å². The normalized spacial score (nSPS) is 18.3. The number of likely N-dealkylation sites (tertiary alicyclic amines) is 1. The summed E-state index contributed by atoms with van der Waals surface area (Å²) >= 11 is 0. The number of carbonyl (C=O) groups is 1. The number of ether oxygens (including phenoxy) is 1. The molecule has 1 aromatic carbocycles. The first-order valence-electron chi connectivity index (χ1n) is 11.2. The Balaban J connectivity index is 1.31. The number of fused-ring (bicyclic) bond motifs is 2. The Labute approximate surface area is 187 Å². The summed E-state index contributed by atoms with van der Waals surface area (Å²) in [5.41, 5.74) is 5.83. The highest BCUT2D eigenvalue weighted by Crippen LogP contribution is 2.39. The Hall–Kier alpha value is -2.62. The summed E-state index contributed by atoms with van der Waals surface area (Å²) in [6.45, 7) is 5.50. The van der Waals surface area contributed by atoms with Crippen LogP contribution in [0.2, 0.25) is 0 Å². The number of sulfone groups is 1. The summed E-state index contributed by atoms with van der Waals surface area (Å²) in [6.07, 6.45) is 5.97. The van der Waals surface area contributed by atoms with Crippen molar-refractivity contribution in [1.82, 2.24) is 20.1 Å². The average Bonchev–Trinajstić information content (AvgIpc) is 3.38. The molecule has 10 heteroatoms. The number of anilines is 2. The molecule has 1 aromatic heterocycles. The number of aryl methyl sites for hydroxylation is 2. The number of hydrogen-bond donors (Lipinski definition) is 2. The van der Waals surface area contributed by atoms with E-state index in [0.717, 1.165) is 44.2 Å². The molecule has 172 valence electrons. The van der Waals surface area contributed by atoms with E-state index in [1.165, 1.54) is 27.2 Å². The Morgan fingerprint density at radius 1 is 1.12 bits per heavy atom. The van der Waals surface area contributed by atoms with Gasteiger partial charge in [-0.25, -0.2) is 18.3 Å². The Morgan fingerprint density at radius 2 is 1.75 bits per heavy atom. The second-order valence-corrected chi connectivity index (χ2v) is 12.0. The van der Waals surface area contributed by atoms with E-state index in [-0.39, 0.29) is 24.2 Å². The lowest BCUT2D eigenvalue weighted by Crippen LogP contribution is -2.57. The van der Waals surface area contributed by atoms with Gasteiger partial charge in [-0.1, -0.05) is 6.07 Å². The highest BCUT2D eigenvalue weighted by molar-refractivity contribution is 7.92. The number of benzene rings is 1. The van der Waals surface area contributed by atoms with Gasteiger partial charge in [-0.05, 0) is 81.5 Å². The molecule has 0 spiro atoms. The monoisotopic (exact) mass is 459 g/mol. The van der Waals surface area contributed by atoms with Crippen LogP contribution in [-0.4, -0.2) is 58.5 Å². The van der Waals surface area contributed by atoms with Crippen molar-refractivity contribution in [1.29, 1.82) is 0 Å². The van der Waals surface area contributed by atoms with Crippen molar-refractivity contribution in [2.24, 2.45) is 0 Å². The summed E-state index contributed by atoms with van der Waals surface area (Å²) in [6, 6.07) is 2.34. The molecular formula is C22H29N5O4S. The predicted octanol–water partition coefficient (Wildman–Crippen LogP) is 2.92.